The highest BCUT2D eigenvalue weighted by molar-refractivity contribution is 14.0. The van der Waals surface area contributed by atoms with Crippen molar-refractivity contribution in [3.8, 4) is 0 Å². The van der Waals surface area contributed by atoms with Crippen molar-refractivity contribution >= 4 is 41.5 Å². The van der Waals surface area contributed by atoms with Crippen LogP contribution in [-0.2, 0) is 16.0 Å². The van der Waals surface area contributed by atoms with Crippen molar-refractivity contribution in [2.24, 2.45) is 4.99 Å². The monoisotopic (exact) mass is 570 g/mol. The van der Waals surface area contributed by atoms with Gasteiger partial charge in [0, 0.05) is 45.6 Å². The first-order valence-corrected chi connectivity index (χ1v) is 11.3. The number of benzene rings is 1. The van der Waals surface area contributed by atoms with E-state index in [1.54, 1.807) is 19.2 Å². The lowest BCUT2D eigenvalue weighted by Gasteiger charge is -2.34. The summed E-state index contributed by atoms with van der Waals surface area (Å²) in [7, 11) is 1.72. The fraction of sp³-hybridized carbons (Fsp3) is 0.500. The number of aliphatic imine (C=N–C) groups is 1. The number of hydrogen-bond donors (Lipinski definition) is 2. The van der Waals surface area contributed by atoms with E-state index in [1.807, 2.05) is 24.3 Å². The Balaban J connectivity index is 0.00000385. The van der Waals surface area contributed by atoms with Crippen molar-refractivity contribution in [1.29, 1.82) is 0 Å². The quantitative estimate of drug-likeness (QED) is 0.193. The molecule has 1 saturated heterocycles. The highest BCUT2D eigenvalue weighted by atomic mass is 127. The van der Waals surface area contributed by atoms with E-state index in [0.29, 0.717) is 12.6 Å². The molecule has 0 spiro atoms. The zero-order chi connectivity index (χ0) is 22.6. The number of likely N-dealkylation sites (tertiary alicyclic amines) is 1. The van der Waals surface area contributed by atoms with Crippen molar-refractivity contribution < 1.29 is 18.7 Å². The molecule has 1 amide bonds. The topological polar surface area (TPSA) is 88.3 Å². The molecule has 0 radical (unpaired) electrons. The number of hydrogen-bond acceptors (Lipinski definition) is 5. The second kappa shape index (κ2) is 14.9. The average Bonchev–Trinajstić information content (AvgIpc) is 3.36. The first-order valence-electron chi connectivity index (χ1n) is 11.3. The van der Waals surface area contributed by atoms with Crippen LogP contribution >= 0.6 is 24.0 Å². The van der Waals surface area contributed by atoms with E-state index in [9.17, 15) is 4.79 Å². The molecular weight excluding hydrogens is 535 g/mol. The number of amides is 1. The fourth-order valence-electron chi connectivity index (χ4n) is 3.63. The highest BCUT2D eigenvalue weighted by Gasteiger charge is 2.21. The van der Waals surface area contributed by atoms with Gasteiger partial charge in [0.05, 0.1) is 18.9 Å². The first kappa shape index (κ1) is 27.1. The standard InChI is InChI=1S/C24H34N4O4.HI/c1-3-25-24(28-12-10-21(11-13-28)31-16-6-14-30-2)26-18-19-7-4-8-20(17-19)27-23(29)22-9-5-15-32-22;/h4-5,7-9,15,17,21H,3,6,10-14,16,18H2,1-2H3,(H,25,26)(H,27,29);1H. The third-order valence-corrected chi connectivity index (χ3v) is 5.26. The summed E-state index contributed by atoms with van der Waals surface area (Å²) in [5.74, 6) is 0.931. The van der Waals surface area contributed by atoms with Crippen molar-refractivity contribution in [1.82, 2.24) is 10.2 Å². The van der Waals surface area contributed by atoms with Crippen LogP contribution in [0.3, 0.4) is 0 Å². The summed E-state index contributed by atoms with van der Waals surface area (Å²) >= 11 is 0. The molecule has 0 unspecified atom stereocenters. The Morgan fingerprint density at radius 3 is 2.73 bits per heavy atom. The smallest absolute Gasteiger partial charge is 0.291 e. The summed E-state index contributed by atoms with van der Waals surface area (Å²) in [5, 5.41) is 6.26. The van der Waals surface area contributed by atoms with Gasteiger partial charge < -0.3 is 29.4 Å². The van der Waals surface area contributed by atoms with E-state index in [4.69, 9.17) is 18.9 Å². The van der Waals surface area contributed by atoms with Gasteiger partial charge in [0.15, 0.2) is 11.7 Å². The van der Waals surface area contributed by atoms with Gasteiger partial charge in [0.1, 0.15) is 0 Å². The maximum atomic E-state index is 12.2. The summed E-state index contributed by atoms with van der Waals surface area (Å²) in [6.45, 7) is 6.74. The number of rotatable bonds is 10. The Morgan fingerprint density at radius 2 is 2.03 bits per heavy atom. The Labute approximate surface area is 213 Å². The molecule has 0 aliphatic carbocycles. The number of furan rings is 1. The number of ether oxygens (including phenoxy) is 2. The number of guanidine groups is 1. The zero-order valence-corrected chi connectivity index (χ0v) is 21.7. The minimum atomic E-state index is -0.267. The maximum absolute atomic E-state index is 12.2. The average molecular weight is 570 g/mol. The van der Waals surface area contributed by atoms with Gasteiger partial charge in [-0.05, 0) is 56.0 Å². The molecule has 1 aromatic carbocycles. The van der Waals surface area contributed by atoms with E-state index >= 15 is 0 Å². The number of anilines is 1. The van der Waals surface area contributed by atoms with Gasteiger partial charge in [-0.15, -0.1) is 24.0 Å². The summed E-state index contributed by atoms with van der Waals surface area (Å²) in [4.78, 5) is 19.3. The molecular formula is C24H35IN4O4. The minimum absolute atomic E-state index is 0. The van der Waals surface area contributed by atoms with Gasteiger partial charge in [-0.3, -0.25) is 4.79 Å². The van der Waals surface area contributed by atoms with Gasteiger partial charge in [-0.25, -0.2) is 4.99 Å². The Morgan fingerprint density at radius 1 is 1.21 bits per heavy atom. The Bertz CT molecular complexity index is 852. The molecule has 33 heavy (non-hydrogen) atoms. The van der Waals surface area contributed by atoms with E-state index in [2.05, 4.69) is 22.5 Å². The summed E-state index contributed by atoms with van der Waals surface area (Å²) < 4.78 is 16.2. The molecule has 2 heterocycles. The van der Waals surface area contributed by atoms with Gasteiger partial charge in [0.25, 0.3) is 5.91 Å². The predicted octanol–water partition coefficient (Wildman–Crippen LogP) is 4.13. The molecule has 0 saturated carbocycles. The minimum Gasteiger partial charge on any atom is -0.459 e. The molecule has 2 N–H and O–H groups in total. The van der Waals surface area contributed by atoms with Crippen LogP contribution in [0.2, 0.25) is 0 Å². The van der Waals surface area contributed by atoms with Crippen LogP contribution in [0.4, 0.5) is 5.69 Å². The molecule has 9 heteroatoms. The highest BCUT2D eigenvalue weighted by Crippen LogP contribution is 2.16. The molecule has 8 nitrogen and oxygen atoms in total. The summed E-state index contributed by atoms with van der Waals surface area (Å²) in [6, 6.07) is 11.1. The second-order valence-electron chi connectivity index (χ2n) is 7.71. The third kappa shape index (κ3) is 8.98. The Hall–Kier alpha value is -2.11. The van der Waals surface area contributed by atoms with Crippen LogP contribution in [0.1, 0.15) is 42.3 Å². The zero-order valence-electron chi connectivity index (χ0n) is 19.4. The second-order valence-corrected chi connectivity index (χ2v) is 7.71. The number of methoxy groups -OCH3 is 1. The lowest BCUT2D eigenvalue weighted by molar-refractivity contribution is 0.00990. The lowest BCUT2D eigenvalue weighted by atomic mass is 10.1. The van der Waals surface area contributed by atoms with Gasteiger partial charge in [-0.2, -0.15) is 0 Å². The van der Waals surface area contributed by atoms with Crippen LogP contribution in [0, 0.1) is 0 Å². The van der Waals surface area contributed by atoms with E-state index in [-0.39, 0.29) is 35.6 Å². The number of piperidine rings is 1. The fourth-order valence-corrected chi connectivity index (χ4v) is 3.63. The number of halogens is 1. The Kier molecular flexibility index (Phi) is 12.3. The van der Waals surface area contributed by atoms with Crippen molar-refractivity contribution in [3.05, 3.63) is 54.0 Å². The van der Waals surface area contributed by atoms with Crippen molar-refractivity contribution in [2.45, 2.75) is 38.8 Å². The van der Waals surface area contributed by atoms with E-state index in [1.165, 1.54) is 6.26 Å². The third-order valence-electron chi connectivity index (χ3n) is 5.26. The van der Waals surface area contributed by atoms with Crippen molar-refractivity contribution in [3.63, 3.8) is 0 Å². The SMILES string of the molecule is CCNC(=NCc1cccc(NC(=O)c2ccco2)c1)N1CCC(OCCCOC)CC1.I. The van der Waals surface area contributed by atoms with E-state index < -0.39 is 0 Å². The largest absolute Gasteiger partial charge is 0.459 e. The molecule has 3 rings (SSSR count). The van der Waals surface area contributed by atoms with Gasteiger partial charge in [0.2, 0.25) is 0 Å². The number of nitrogens with zero attached hydrogens (tertiary/aromatic N) is 2. The molecule has 182 valence electrons. The molecule has 1 aliphatic heterocycles. The number of nitrogens with one attached hydrogen (secondary N) is 2. The van der Waals surface area contributed by atoms with E-state index in [0.717, 1.165) is 69.3 Å². The lowest BCUT2D eigenvalue weighted by Crippen LogP contribution is -2.47. The van der Waals surface area contributed by atoms with Crippen LogP contribution in [-0.4, -0.2) is 62.8 Å². The van der Waals surface area contributed by atoms with Crippen LogP contribution in [0.25, 0.3) is 0 Å². The molecule has 2 aromatic rings. The maximum Gasteiger partial charge on any atom is 0.291 e. The first-order chi connectivity index (χ1) is 15.7. The number of carbonyl (C=O) groups is 1. The summed E-state index contributed by atoms with van der Waals surface area (Å²) in [5.41, 5.74) is 1.74. The number of carbonyl (C=O) groups excluding carboxylic acids is 1. The van der Waals surface area contributed by atoms with Crippen LogP contribution in [0.5, 0.6) is 0 Å². The molecule has 0 atom stereocenters. The van der Waals surface area contributed by atoms with Crippen LogP contribution < -0.4 is 10.6 Å². The van der Waals surface area contributed by atoms with Crippen molar-refractivity contribution in [2.75, 3.05) is 45.3 Å². The molecule has 0 bridgehead atoms. The predicted molar refractivity (Wildman–Crippen MR) is 140 cm³/mol. The van der Waals surface area contributed by atoms with Crippen LogP contribution in [0.15, 0.2) is 52.1 Å². The molecule has 1 fully saturated rings. The normalized spacial score (nSPS) is 14.6. The molecule has 1 aliphatic rings. The van der Waals surface area contributed by atoms with Gasteiger partial charge in [-0.1, -0.05) is 12.1 Å². The summed E-state index contributed by atoms with van der Waals surface area (Å²) in [6.07, 6.45) is 4.71. The van der Waals surface area contributed by atoms with Gasteiger partial charge >= 0.3 is 0 Å². The molecule has 1 aromatic heterocycles.